The van der Waals surface area contributed by atoms with Crippen LogP contribution < -0.4 is 5.32 Å². The molecule has 110 valence electrons. The summed E-state index contributed by atoms with van der Waals surface area (Å²) in [6.07, 6.45) is 3.60. The average Bonchev–Trinajstić information content (AvgIpc) is 3.20. The van der Waals surface area contributed by atoms with Crippen molar-refractivity contribution in [2.45, 2.75) is 32.6 Å². The van der Waals surface area contributed by atoms with Crippen molar-refractivity contribution in [1.82, 2.24) is 10.2 Å². The number of hydrogen-bond acceptors (Lipinski definition) is 3. The molecular formula is C14H26N2O3. The molecule has 0 bridgehead atoms. The van der Waals surface area contributed by atoms with E-state index in [1.165, 1.54) is 0 Å². The standard InChI is InChI=1S/C14H26N2O3/c1-4-5-8-16(2)14(18)12-10-11(12)13(17)15-7-6-9-19-3/h11-12H,4-10H2,1-3H3,(H,15,17). The Balaban J connectivity index is 2.21. The molecule has 2 amide bonds. The minimum atomic E-state index is -0.112. The second-order valence-electron chi connectivity index (χ2n) is 5.20. The number of rotatable bonds is 9. The highest BCUT2D eigenvalue weighted by Crippen LogP contribution is 2.39. The van der Waals surface area contributed by atoms with Crippen LogP contribution in [-0.4, -0.2) is 50.6 Å². The summed E-state index contributed by atoms with van der Waals surface area (Å²) in [6, 6.07) is 0. The van der Waals surface area contributed by atoms with Crippen LogP contribution in [0.15, 0.2) is 0 Å². The Morgan fingerprint density at radius 2 is 2.05 bits per heavy atom. The molecule has 0 aromatic rings. The van der Waals surface area contributed by atoms with E-state index in [4.69, 9.17) is 4.74 Å². The van der Waals surface area contributed by atoms with Crippen LogP contribution in [0.1, 0.15) is 32.6 Å². The molecule has 0 aliphatic heterocycles. The zero-order valence-electron chi connectivity index (χ0n) is 12.3. The predicted octanol–water partition coefficient (Wildman–Crippen LogP) is 1.03. The van der Waals surface area contributed by atoms with Gasteiger partial charge in [-0.25, -0.2) is 0 Å². The van der Waals surface area contributed by atoms with Crippen LogP contribution in [0.5, 0.6) is 0 Å². The van der Waals surface area contributed by atoms with Gasteiger partial charge in [-0.3, -0.25) is 9.59 Å². The Kier molecular flexibility index (Phi) is 6.84. The lowest BCUT2D eigenvalue weighted by Crippen LogP contribution is -2.32. The van der Waals surface area contributed by atoms with Gasteiger partial charge in [0, 0.05) is 33.9 Å². The van der Waals surface area contributed by atoms with E-state index in [0.717, 1.165) is 25.8 Å². The zero-order valence-corrected chi connectivity index (χ0v) is 12.3. The van der Waals surface area contributed by atoms with Gasteiger partial charge in [-0.2, -0.15) is 0 Å². The fourth-order valence-electron chi connectivity index (χ4n) is 2.11. The lowest BCUT2D eigenvalue weighted by atomic mass is 10.2. The number of carbonyl (C=O) groups is 2. The molecular weight excluding hydrogens is 244 g/mol. The Labute approximate surface area is 115 Å². The van der Waals surface area contributed by atoms with Crippen LogP contribution in [0.3, 0.4) is 0 Å². The summed E-state index contributed by atoms with van der Waals surface area (Å²) < 4.78 is 4.92. The first kappa shape index (κ1) is 16.0. The summed E-state index contributed by atoms with van der Waals surface area (Å²) in [6.45, 7) is 4.16. The largest absolute Gasteiger partial charge is 0.385 e. The number of hydrogen-bond donors (Lipinski definition) is 1. The normalized spacial score (nSPS) is 21.0. The van der Waals surface area contributed by atoms with Gasteiger partial charge in [-0.05, 0) is 19.3 Å². The topological polar surface area (TPSA) is 58.6 Å². The SMILES string of the molecule is CCCCN(C)C(=O)C1CC1C(=O)NCCCOC. The molecule has 19 heavy (non-hydrogen) atoms. The molecule has 0 aromatic carbocycles. The van der Waals surface area contributed by atoms with E-state index in [1.54, 1.807) is 12.0 Å². The van der Waals surface area contributed by atoms with Gasteiger partial charge < -0.3 is 15.0 Å². The molecule has 1 N–H and O–H groups in total. The highest BCUT2D eigenvalue weighted by atomic mass is 16.5. The van der Waals surface area contributed by atoms with E-state index in [0.29, 0.717) is 19.6 Å². The maximum absolute atomic E-state index is 12.0. The van der Waals surface area contributed by atoms with Crippen LogP contribution in [0.4, 0.5) is 0 Å². The number of unbranched alkanes of at least 4 members (excludes halogenated alkanes) is 1. The van der Waals surface area contributed by atoms with Gasteiger partial charge in [0.05, 0.1) is 11.8 Å². The fraction of sp³-hybridized carbons (Fsp3) is 0.857. The smallest absolute Gasteiger partial charge is 0.226 e. The molecule has 0 aromatic heterocycles. The molecule has 0 spiro atoms. The van der Waals surface area contributed by atoms with Gasteiger partial charge >= 0.3 is 0 Å². The number of nitrogens with zero attached hydrogens (tertiary/aromatic N) is 1. The highest BCUT2D eigenvalue weighted by Gasteiger charge is 2.48. The Bertz CT molecular complexity index is 307. The van der Waals surface area contributed by atoms with Gasteiger partial charge in [0.1, 0.15) is 0 Å². The molecule has 1 aliphatic carbocycles. The average molecular weight is 270 g/mol. The summed E-state index contributed by atoms with van der Waals surface area (Å²) in [4.78, 5) is 25.6. The Morgan fingerprint density at radius 1 is 1.32 bits per heavy atom. The molecule has 2 unspecified atom stereocenters. The number of ether oxygens (including phenoxy) is 1. The number of carbonyl (C=O) groups excluding carboxylic acids is 2. The van der Waals surface area contributed by atoms with Gasteiger partial charge in [-0.15, -0.1) is 0 Å². The van der Waals surface area contributed by atoms with Gasteiger partial charge in [0.15, 0.2) is 0 Å². The summed E-state index contributed by atoms with van der Waals surface area (Å²) in [5.41, 5.74) is 0. The fourth-order valence-corrected chi connectivity index (χ4v) is 2.11. The predicted molar refractivity (Wildman–Crippen MR) is 73.6 cm³/mol. The van der Waals surface area contributed by atoms with Crippen molar-refractivity contribution in [1.29, 1.82) is 0 Å². The van der Waals surface area contributed by atoms with Crippen molar-refractivity contribution < 1.29 is 14.3 Å². The molecule has 0 radical (unpaired) electrons. The van der Waals surface area contributed by atoms with E-state index in [2.05, 4.69) is 12.2 Å². The third-order valence-corrected chi connectivity index (χ3v) is 3.49. The molecule has 2 atom stereocenters. The maximum atomic E-state index is 12.0. The zero-order chi connectivity index (χ0) is 14.3. The molecule has 0 heterocycles. The highest BCUT2D eigenvalue weighted by molar-refractivity contribution is 5.92. The summed E-state index contributed by atoms with van der Waals surface area (Å²) in [7, 11) is 3.47. The summed E-state index contributed by atoms with van der Waals surface area (Å²) in [5, 5.41) is 2.86. The molecule has 5 nitrogen and oxygen atoms in total. The van der Waals surface area contributed by atoms with E-state index >= 15 is 0 Å². The van der Waals surface area contributed by atoms with Crippen LogP contribution in [0, 0.1) is 11.8 Å². The number of methoxy groups -OCH3 is 1. The van der Waals surface area contributed by atoms with Gasteiger partial charge in [-0.1, -0.05) is 13.3 Å². The second-order valence-corrected chi connectivity index (χ2v) is 5.20. The van der Waals surface area contributed by atoms with Crippen molar-refractivity contribution in [3.63, 3.8) is 0 Å². The molecule has 5 heteroatoms. The van der Waals surface area contributed by atoms with Crippen molar-refractivity contribution >= 4 is 11.8 Å². The quantitative estimate of drug-likeness (QED) is 0.637. The van der Waals surface area contributed by atoms with Crippen LogP contribution >= 0.6 is 0 Å². The van der Waals surface area contributed by atoms with E-state index in [9.17, 15) is 9.59 Å². The third kappa shape index (κ3) is 5.19. The molecule has 1 fully saturated rings. The van der Waals surface area contributed by atoms with Crippen LogP contribution in [0.25, 0.3) is 0 Å². The first-order chi connectivity index (χ1) is 9.11. The van der Waals surface area contributed by atoms with Crippen molar-refractivity contribution in [3.8, 4) is 0 Å². The summed E-state index contributed by atoms with van der Waals surface area (Å²) >= 11 is 0. The first-order valence-electron chi connectivity index (χ1n) is 7.13. The minimum Gasteiger partial charge on any atom is -0.385 e. The molecule has 1 saturated carbocycles. The first-order valence-corrected chi connectivity index (χ1v) is 7.13. The minimum absolute atomic E-state index is 0.0124. The van der Waals surface area contributed by atoms with E-state index < -0.39 is 0 Å². The van der Waals surface area contributed by atoms with Crippen LogP contribution in [0.2, 0.25) is 0 Å². The number of nitrogens with one attached hydrogen (secondary N) is 1. The van der Waals surface area contributed by atoms with E-state index in [-0.39, 0.29) is 23.7 Å². The Morgan fingerprint density at radius 3 is 2.68 bits per heavy atom. The van der Waals surface area contributed by atoms with Crippen molar-refractivity contribution in [3.05, 3.63) is 0 Å². The van der Waals surface area contributed by atoms with E-state index in [1.807, 2.05) is 7.05 Å². The van der Waals surface area contributed by atoms with Crippen LogP contribution in [-0.2, 0) is 14.3 Å². The maximum Gasteiger partial charge on any atom is 0.226 e. The summed E-state index contributed by atoms with van der Waals surface area (Å²) in [5.74, 6) is -0.0766. The van der Waals surface area contributed by atoms with Gasteiger partial charge in [0.25, 0.3) is 0 Å². The van der Waals surface area contributed by atoms with Gasteiger partial charge in [0.2, 0.25) is 11.8 Å². The lowest BCUT2D eigenvalue weighted by Gasteiger charge is -2.16. The van der Waals surface area contributed by atoms with Crippen molar-refractivity contribution in [2.75, 3.05) is 33.9 Å². The monoisotopic (exact) mass is 270 g/mol. The third-order valence-electron chi connectivity index (χ3n) is 3.49. The molecule has 0 saturated heterocycles. The molecule has 1 rings (SSSR count). The lowest BCUT2D eigenvalue weighted by molar-refractivity contribution is -0.133. The van der Waals surface area contributed by atoms with Crippen molar-refractivity contribution in [2.24, 2.45) is 11.8 Å². The number of amides is 2. The second kappa shape index (κ2) is 8.15. The Hall–Kier alpha value is -1.10. The molecule has 1 aliphatic rings.